The summed E-state index contributed by atoms with van der Waals surface area (Å²) in [5, 5.41) is 3.25. The van der Waals surface area contributed by atoms with Crippen LogP contribution in [0, 0.1) is 5.92 Å². The summed E-state index contributed by atoms with van der Waals surface area (Å²) in [6, 6.07) is 4.90. The first-order valence-electron chi connectivity index (χ1n) is 5.54. The number of nitrogens with one attached hydrogen (secondary N) is 1. The van der Waals surface area contributed by atoms with Gasteiger partial charge >= 0.3 is 0 Å². The summed E-state index contributed by atoms with van der Waals surface area (Å²) < 4.78 is 0.831. The molecule has 3 N–H and O–H groups in total. The van der Waals surface area contributed by atoms with Crippen LogP contribution in [0.5, 0.6) is 0 Å². The number of rotatable bonds is 4. The largest absolute Gasteiger partial charge is 0.392 e. The van der Waals surface area contributed by atoms with Gasteiger partial charge in [0.1, 0.15) is 0 Å². The minimum Gasteiger partial charge on any atom is -0.392 e. The second-order valence-electron chi connectivity index (χ2n) is 4.32. The van der Waals surface area contributed by atoms with Crippen molar-refractivity contribution in [2.75, 3.05) is 0 Å². The molecule has 1 aromatic rings. The highest BCUT2D eigenvalue weighted by molar-refractivity contribution is 9.10. The van der Waals surface area contributed by atoms with Gasteiger partial charge in [-0.3, -0.25) is 4.79 Å². The van der Waals surface area contributed by atoms with E-state index >= 15 is 0 Å². The number of nitrogens with two attached hydrogens (primary N) is 1. The van der Waals surface area contributed by atoms with E-state index in [1.165, 1.54) is 0 Å². The van der Waals surface area contributed by atoms with Gasteiger partial charge in [0, 0.05) is 4.47 Å². The van der Waals surface area contributed by atoms with Crippen LogP contribution >= 0.6 is 39.7 Å². The maximum absolute atomic E-state index is 12.1. The van der Waals surface area contributed by atoms with Crippen LogP contribution in [0.1, 0.15) is 23.2 Å². The number of carbonyl (C=O) groups excluding carboxylic acids is 1. The summed E-state index contributed by atoms with van der Waals surface area (Å²) in [5.41, 5.74) is 6.07. The van der Waals surface area contributed by atoms with E-state index in [1.54, 1.807) is 18.2 Å². The minimum atomic E-state index is -0.239. The standard InChI is InChI=1S/C12H12BrClN2OS/c13-7-3-4-8(9(14)5-7)12(17)16-10(11(15)18)6-1-2-6/h3-6,10H,1-2H2,(H2,15,18)(H,16,17). The van der Waals surface area contributed by atoms with Crippen molar-refractivity contribution < 1.29 is 4.79 Å². The van der Waals surface area contributed by atoms with Crippen LogP contribution in [0.2, 0.25) is 5.02 Å². The Balaban J connectivity index is 2.13. The third kappa shape index (κ3) is 3.22. The van der Waals surface area contributed by atoms with E-state index < -0.39 is 0 Å². The zero-order valence-corrected chi connectivity index (χ0v) is 12.6. The van der Waals surface area contributed by atoms with E-state index in [4.69, 9.17) is 29.6 Å². The Labute approximate surface area is 124 Å². The minimum absolute atomic E-state index is 0.229. The highest BCUT2D eigenvalue weighted by Crippen LogP contribution is 2.33. The molecule has 3 nitrogen and oxygen atoms in total. The van der Waals surface area contributed by atoms with Crippen molar-refractivity contribution in [1.82, 2.24) is 5.32 Å². The monoisotopic (exact) mass is 346 g/mol. The average molecular weight is 348 g/mol. The zero-order chi connectivity index (χ0) is 13.3. The average Bonchev–Trinajstić information content (AvgIpc) is 3.08. The first-order chi connectivity index (χ1) is 8.49. The molecule has 0 aliphatic heterocycles. The number of hydrogen-bond acceptors (Lipinski definition) is 2. The fraction of sp³-hybridized carbons (Fsp3) is 0.333. The summed E-state index contributed by atoms with van der Waals surface area (Å²) in [6.07, 6.45) is 2.10. The van der Waals surface area contributed by atoms with Gasteiger partial charge in [-0.15, -0.1) is 0 Å². The lowest BCUT2D eigenvalue weighted by Gasteiger charge is -2.17. The van der Waals surface area contributed by atoms with Gasteiger partial charge in [-0.25, -0.2) is 0 Å². The van der Waals surface area contributed by atoms with Crippen LogP contribution in [0.15, 0.2) is 22.7 Å². The number of amides is 1. The maximum atomic E-state index is 12.1. The molecule has 1 aliphatic rings. The van der Waals surface area contributed by atoms with Gasteiger partial charge < -0.3 is 11.1 Å². The number of hydrogen-bond donors (Lipinski definition) is 2. The van der Waals surface area contributed by atoms with Gasteiger partial charge in [0.2, 0.25) is 0 Å². The smallest absolute Gasteiger partial charge is 0.253 e. The van der Waals surface area contributed by atoms with E-state index in [0.29, 0.717) is 21.5 Å². The van der Waals surface area contributed by atoms with Crippen LogP contribution in [0.25, 0.3) is 0 Å². The topological polar surface area (TPSA) is 55.1 Å². The molecule has 0 heterocycles. The summed E-state index contributed by atoms with van der Waals surface area (Å²) in [7, 11) is 0. The maximum Gasteiger partial charge on any atom is 0.253 e. The highest BCUT2D eigenvalue weighted by Gasteiger charge is 2.34. The Hall–Kier alpha value is -0.650. The summed E-state index contributed by atoms with van der Waals surface area (Å²) in [5.74, 6) is 0.137. The van der Waals surface area contributed by atoms with E-state index in [9.17, 15) is 4.79 Å². The van der Waals surface area contributed by atoms with Crippen molar-refractivity contribution >= 4 is 50.6 Å². The predicted molar refractivity (Wildman–Crippen MR) is 79.9 cm³/mol. The lowest BCUT2D eigenvalue weighted by atomic mass is 10.1. The normalized spacial score (nSPS) is 16.1. The molecule has 0 radical (unpaired) electrons. The molecule has 0 bridgehead atoms. The number of thiocarbonyl (C=S) groups is 1. The molecule has 0 aromatic heterocycles. The van der Waals surface area contributed by atoms with Gasteiger partial charge in [0.15, 0.2) is 0 Å². The first kappa shape index (κ1) is 13.8. The fourth-order valence-electron chi connectivity index (χ4n) is 1.74. The molecule has 1 aromatic carbocycles. The molecular weight excluding hydrogens is 336 g/mol. The second-order valence-corrected chi connectivity index (χ2v) is 6.11. The van der Waals surface area contributed by atoms with Crippen molar-refractivity contribution in [3.05, 3.63) is 33.3 Å². The molecular formula is C12H12BrClN2OS. The molecule has 1 aliphatic carbocycles. The Morgan fingerprint density at radius 2 is 2.22 bits per heavy atom. The molecule has 1 fully saturated rings. The SMILES string of the molecule is NC(=S)C(NC(=O)c1ccc(Br)cc1Cl)C1CC1. The molecule has 6 heteroatoms. The molecule has 2 rings (SSSR count). The Bertz CT molecular complexity index is 505. The molecule has 0 spiro atoms. The van der Waals surface area contributed by atoms with E-state index in [0.717, 1.165) is 17.3 Å². The van der Waals surface area contributed by atoms with Gasteiger partial charge in [-0.2, -0.15) is 0 Å². The van der Waals surface area contributed by atoms with Crippen molar-refractivity contribution in [2.45, 2.75) is 18.9 Å². The highest BCUT2D eigenvalue weighted by atomic mass is 79.9. The van der Waals surface area contributed by atoms with E-state index in [2.05, 4.69) is 21.2 Å². The summed E-state index contributed by atoms with van der Waals surface area (Å²) in [6.45, 7) is 0. The number of carbonyl (C=O) groups is 1. The third-order valence-electron chi connectivity index (χ3n) is 2.86. The Morgan fingerprint density at radius 3 is 2.72 bits per heavy atom. The van der Waals surface area contributed by atoms with Crippen LogP contribution in [0.3, 0.4) is 0 Å². The summed E-state index contributed by atoms with van der Waals surface area (Å²) >= 11 is 14.3. The second kappa shape index (κ2) is 5.55. The van der Waals surface area contributed by atoms with Gasteiger partial charge in [0.05, 0.1) is 21.6 Å². The molecule has 0 saturated heterocycles. The fourth-order valence-corrected chi connectivity index (χ4v) is 2.75. The van der Waals surface area contributed by atoms with Crippen molar-refractivity contribution in [2.24, 2.45) is 11.7 Å². The third-order valence-corrected chi connectivity index (χ3v) is 3.92. The van der Waals surface area contributed by atoms with Crippen molar-refractivity contribution in [3.63, 3.8) is 0 Å². The lowest BCUT2D eigenvalue weighted by Crippen LogP contribution is -2.45. The van der Waals surface area contributed by atoms with Crippen molar-refractivity contribution in [1.29, 1.82) is 0 Å². The van der Waals surface area contributed by atoms with Gasteiger partial charge in [-0.1, -0.05) is 39.7 Å². The molecule has 1 unspecified atom stereocenters. The predicted octanol–water partition coefficient (Wildman–Crippen LogP) is 2.90. The zero-order valence-electron chi connectivity index (χ0n) is 9.45. The van der Waals surface area contributed by atoms with Crippen LogP contribution < -0.4 is 11.1 Å². The quantitative estimate of drug-likeness (QED) is 0.824. The molecule has 96 valence electrons. The molecule has 18 heavy (non-hydrogen) atoms. The van der Waals surface area contributed by atoms with Crippen molar-refractivity contribution in [3.8, 4) is 0 Å². The lowest BCUT2D eigenvalue weighted by molar-refractivity contribution is 0.0944. The van der Waals surface area contributed by atoms with Crippen LogP contribution in [-0.4, -0.2) is 16.9 Å². The van der Waals surface area contributed by atoms with E-state index in [1.807, 2.05) is 0 Å². The molecule has 1 amide bonds. The van der Waals surface area contributed by atoms with Gasteiger partial charge in [0.25, 0.3) is 5.91 Å². The molecule has 1 saturated carbocycles. The number of benzene rings is 1. The molecule has 1 atom stereocenters. The van der Waals surface area contributed by atoms with Gasteiger partial charge in [-0.05, 0) is 37.0 Å². The Kier molecular flexibility index (Phi) is 4.25. The van der Waals surface area contributed by atoms with Crippen LogP contribution in [0.4, 0.5) is 0 Å². The van der Waals surface area contributed by atoms with E-state index in [-0.39, 0.29) is 11.9 Å². The first-order valence-corrected chi connectivity index (χ1v) is 7.12. The number of halogens is 2. The summed E-state index contributed by atoms with van der Waals surface area (Å²) in [4.78, 5) is 12.4. The van der Waals surface area contributed by atoms with Crippen LogP contribution in [-0.2, 0) is 0 Å². The Morgan fingerprint density at radius 1 is 1.56 bits per heavy atom.